The van der Waals surface area contributed by atoms with Gasteiger partial charge in [-0.25, -0.2) is 19.0 Å². The second-order valence-electron chi connectivity index (χ2n) is 9.50. The molecule has 13 heteroatoms. The number of urea groups is 1. The van der Waals surface area contributed by atoms with E-state index in [9.17, 15) is 18.8 Å². The maximum absolute atomic E-state index is 14.0. The smallest absolute Gasteiger partial charge is 0.338 e. The van der Waals surface area contributed by atoms with Crippen LogP contribution in [0.25, 0.3) is 0 Å². The predicted molar refractivity (Wildman–Crippen MR) is 155 cm³/mol. The van der Waals surface area contributed by atoms with Gasteiger partial charge in [-0.15, -0.1) is 11.3 Å². The molecule has 2 aromatic rings. The first-order valence-corrected chi connectivity index (χ1v) is 14.6. The van der Waals surface area contributed by atoms with Crippen LogP contribution in [0.4, 0.5) is 9.18 Å². The molecule has 1 fully saturated rings. The molecule has 0 aliphatic carbocycles. The number of aromatic nitrogens is 1. The quantitative estimate of drug-likeness (QED) is 0.380. The summed E-state index contributed by atoms with van der Waals surface area (Å²) in [5.41, 5.74) is 1.41. The molecule has 2 N–H and O–H groups in total. The number of amidine groups is 1. The Bertz CT molecular complexity index is 1320. The number of hydrogen-bond donors (Lipinski definition) is 2. The van der Waals surface area contributed by atoms with Crippen LogP contribution >= 0.6 is 22.9 Å². The highest BCUT2D eigenvalue weighted by molar-refractivity contribution is 7.11. The summed E-state index contributed by atoms with van der Waals surface area (Å²) in [6.45, 7) is 8.64. The number of amides is 2. The van der Waals surface area contributed by atoms with Gasteiger partial charge in [-0.3, -0.25) is 9.79 Å². The zero-order chi connectivity index (χ0) is 30.3. The largest absolute Gasteiger partial charge is 0.481 e. The average molecular weight is 608 g/mol. The van der Waals surface area contributed by atoms with E-state index < -0.39 is 29.7 Å². The van der Waals surface area contributed by atoms with Crippen molar-refractivity contribution in [2.45, 2.75) is 52.6 Å². The van der Waals surface area contributed by atoms with E-state index in [1.807, 2.05) is 19.2 Å². The highest BCUT2D eigenvalue weighted by Gasteiger charge is 2.40. The third-order valence-electron chi connectivity index (χ3n) is 6.75. The van der Waals surface area contributed by atoms with Crippen molar-refractivity contribution in [2.24, 2.45) is 10.9 Å². The molecule has 0 radical (unpaired) electrons. The van der Waals surface area contributed by atoms with E-state index in [1.54, 1.807) is 49.0 Å². The van der Waals surface area contributed by atoms with Crippen LogP contribution in [-0.4, -0.2) is 76.5 Å². The van der Waals surface area contributed by atoms with Crippen molar-refractivity contribution in [3.05, 3.63) is 62.5 Å². The highest BCUT2D eigenvalue weighted by Crippen LogP contribution is 2.37. The number of allylic oxidation sites excluding steroid dienone is 1. The van der Waals surface area contributed by atoms with E-state index in [0.717, 1.165) is 6.42 Å². The molecule has 1 aromatic heterocycles. The number of benzene rings is 1. The number of nitrogens with zero attached hydrogens (tertiary/aromatic N) is 4. The molecule has 1 saturated heterocycles. The van der Waals surface area contributed by atoms with Crippen LogP contribution in [0, 0.1) is 11.7 Å². The zero-order valence-electron chi connectivity index (χ0n) is 23.7. The number of rotatable bonds is 9. The van der Waals surface area contributed by atoms with Crippen molar-refractivity contribution in [2.75, 3.05) is 26.7 Å². The molecular formula is C28H35ClFN5O5S. The Morgan fingerprint density at radius 2 is 2.05 bits per heavy atom. The van der Waals surface area contributed by atoms with E-state index in [2.05, 4.69) is 15.3 Å². The van der Waals surface area contributed by atoms with Gasteiger partial charge in [0.1, 0.15) is 11.9 Å². The fourth-order valence-electron chi connectivity index (χ4n) is 4.64. The Hall–Kier alpha value is -3.51. The summed E-state index contributed by atoms with van der Waals surface area (Å²) in [6, 6.07) is 3.46. The molecule has 2 aliphatic heterocycles. The number of aliphatic carboxylic acids is 1. The SMILES string of the molecule is CCCN1C(=O)N(C)CC1[C@@H](C)C(=O)O.CCOC(=O)C1=C(CC)NC(c2nccs2)=N[C@H]1c1cccc(F)c1Cl. The maximum atomic E-state index is 14.0. The van der Waals surface area contributed by atoms with E-state index in [-0.39, 0.29) is 23.7 Å². The molecule has 10 nitrogen and oxygen atoms in total. The van der Waals surface area contributed by atoms with Crippen LogP contribution in [0.3, 0.4) is 0 Å². The van der Waals surface area contributed by atoms with Gasteiger partial charge in [0.2, 0.25) is 0 Å². The van der Waals surface area contributed by atoms with E-state index >= 15 is 0 Å². The number of ether oxygens (including phenoxy) is 1. The van der Waals surface area contributed by atoms with Crippen LogP contribution in [0.15, 0.2) is 46.0 Å². The van der Waals surface area contributed by atoms with E-state index in [1.165, 1.54) is 17.4 Å². The van der Waals surface area contributed by atoms with Crippen molar-refractivity contribution >= 4 is 46.7 Å². The van der Waals surface area contributed by atoms with Crippen molar-refractivity contribution < 1.29 is 28.6 Å². The van der Waals surface area contributed by atoms with Gasteiger partial charge in [-0.1, -0.05) is 37.6 Å². The van der Waals surface area contributed by atoms with Gasteiger partial charge < -0.3 is 25.0 Å². The molecule has 1 unspecified atom stereocenters. The second kappa shape index (κ2) is 14.4. The molecule has 4 rings (SSSR count). The van der Waals surface area contributed by atoms with Gasteiger partial charge in [-0.2, -0.15) is 0 Å². The summed E-state index contributed by atoms with van der Waals surface area (Å²) in [6.07, 6.45) is 3.06. The number of carbonyl (C=O) groups is 3. The molecule has 222 valence electrons. The molecule has 3 atom stereocenters. The predicted octanol–water partition coefficient (Wildman–Crippen LogP) is 5.11. The van der Waals surface area contributed by atoms with Gasteiger partial charge >= 0.3 is 18.0 Å². The number of esters is 1. The van der Waals surface area contributed by atoms with Crippen molar-refractivity contribution in [3.63, 3.8) is 0 Å². The molecule has 1 aromatic carbocycles. The van der Waals surface area contributed by atoms with Crippen LogP contribution in [0.2, 0.25) is 5.02 Å². The summed E-state index contributed by atoms with van der Waals surface area (Å²) >= 11 is 7.60. The van der Waals surface area contributed by atoms with Crippen molar-refractivity contribution in [1.82, 2.24) is 20.1 Å². The Morgan fingerprint density at radius 1 is 1.32 bits per heavy atom. The third kappa shape index (κ3) is 7.23. The van der Waals surface area contributed by atoms with Gasteiger partial charge in [0, 0.05) is 43.0 Å². The van der Waals surface area contributed by atoms with Crippen molar-refractivity contribution in [1.29, 1.82) is 0 Å². The maximum Gasteiger partial charge on any atom is 0.338 e. The average Bonchev–Trinajstić information content (AvgIpc) is 3.59. The lowest BCUT2D eigenvalue weighted by atomic mass is 9.94. The number of halogens is 2. The number of thiazole rings is 1. The first-order chi connectivity index (χ1) is 19.5. The number of carbonyl (C=O) groups excluding carboxylic acids is 2. The van der Waals surface area contributed by atoms with Crippen molar-refractivity contribution in [3.8, 4) is 0 Å². The van der Waals surface area contributed by atoms with Crippen LogP contribution in [-0.2, 0) is 14.3 Å². The monoisotopic (exact) mass is 607 g/mol. The zero-order valence-corrected chi connectivity index (χ0v) is 25.3. The minimum atomic E-state index is -0.843. The van der Waals surface area contributed by atoms with Gasteiger partial charge in [0.25, 0.3) is 0 Å². The molecular weight excluding hydrogens is 573 g/mol. The van der Waals surface area contributed by atoms with Gasteiger partial charge in [0.05, 0.1) is 29.2 Å². The minimum absolute atomic E-state index is 0.0566. The summed E-state index contributed by atoms with van der Waals surface area (Å²) in [7, 11) is 1.71. The molecule has 0 saturated carbocycles. The fraction of sp³-hybridized carbons (Fsp3) is 0.464. The summed E-state index contributed by atoms with van der Waals surface area (Å²) in [5, 5.41) is 14.6. The first-order valence-electron chi connectivity index (χ1n) is 13.4. The Kier molecular flexibility index (Phi) is 11.2. The number of nitrogens with one attached hydrogen (secondary N) is 1. The number of hydrogen-bond acceptors (Lipinski definition) is 8. The Labute approximate surface area is 247 Å². The molecule has 0 spiro atoms. The fourth-order valence-corrected chi connectivity index (χ4v) is 5.46. The normalized spacial score (nSPS) is 19.3. The lowest BCUT2D eigenvalue weighted by molar-refractivity contribution is -0.143. The molecule has 3 heterocycles. The topological polar surface area (TPSA) is 124 Å². The van der Waals surface area contributed by atoms with E-state index in [0.29, 0.717) is 47.2 Å². The lowest BCUT2D eigenvalue weighted by Gasteiger charge is -2.27. The second-order valence-corrected chi connectivity index (χ2v) is 10.8. The van der Waals surface area contributed by atoms with E-state index in [4.69, 9.17) is 21.4 Å². The third-order valence-corrected chi connectivity index (χ3v) is 7.93. The number of aliphatic imine (C=N–C) groups is 1. The molecule has 41 heavy (non-hydrogen) atoms. The summed E-state index contributed by atoms with van der Waals surface area (Å²) < 4.78 is 19.2. The Morgan fingerprint density at radius 3 is 2.63 bits per heavy atom. The number of carboxylic acid groups (broad SMARTS) is 1. The summed E-state index contributed by atoms with van der Waals surface area (Å²) in [5.74, 6) is -1.89. The molecule has 2 aliphatic rings. The van der Waals surface area contributed by atoms with Gasteiger partial charge in [0.15, 0.2) is 10.8 Å². The Balaban J connectivity index is 0.000000263. The van der Waals surface area contributed by atoms with Crippen LogP contribution in [0.5, 0.6) is 0 Å². The number of likely N-dealkylation sites (N-methyl/N-ethyl adjacent to an activating group) is 1. The summed E-state index contributed by atoms with van der Waals surface area (Å²) in [4.78, 5) is 47.3. The molecule has 0 bridgehead atoms. The standard InChI is InChI=1S/C18H17ClFN3O2S.C10H18N2O3/c1-3-12-13(18(24)25-4-2)15(10-6-5-7-11(20)14(10)19)23-16(22-12)17-21-8-9-26-17;1-4-5-12-8(7(2)9(13)14)6-11(3)10(12)15/h5-9,15H,3-4H2,1-2H3,(H,22,23);7-8H,4-6H2,1-3H3,(H,13,14)/t15-;7-,8?/m01/s1. The number of carboxylic acids is 1. The lowest BCUT2D eigenvalue weighted by Crippen LogP contribution is -2.41. The first kappa shape index (κ1) is 32.0. The minimum Gasteiger partial charge on any atom is -0.481 e. The van der Waals surface area contributed by atoms with Crippen LogP contribution < -0.4 is 5.32 Å². The van der Waals surface area contributed by atoms with Gasteiger partial charge in [-0.05, 0) is 32.8 Å². The van der Waals surface area contributed by atoms with Crippen LogP contribution in [0.1, 0.15) is 57.1 Å². The highest BCUT2D eigenvalue weighted by atomic mass is 35.5. The molecule has 2 amide bonds.